The van der Waals surface area contributed by atoms with Gasteiger partial charge in [-0.1, -0.05) is 12.1 Å². The van der Waals surface area contributed by atoms with Crippen LogP contribution in [0.4, 0.5) is 8.78 Å². The van der Waals surface area contributed by atoms with Gasteiger partial charge in [-0.15, -0.1) is 0 Å². The van der Waals surface area contributed by atoms with E-state index in [2.05, 4.69) is 4.74 Å². The van der Waals surface area contributed by atoms with Gasteiger partial charge in [0.05, 0.1) is 17.9 Å². The number of ether oxygens (including phenoxy) is 2. The predicted molar refractivity (Wildman–Crippen MR) is 92.2 cm³/mol. The molecular formula is C17H21F2NO6S. The molecule has 2 rings (SSSR count). The first-order valence-electron chi connectivity index (χ1n) is 8.39. The van der Waals surface area contributed by atoms with E-state index in [9.17, 15) is 26.8 Å². The Balaban J connectivity index is 1.82. The van der Waals surface area contributed by atoms with Crippen molar-refractivity contribution in [2.75, 3.05) is 24.7 Å². The zero-order chi connectivity index (χ0) is 20.0. The van der Waals surface area contributed by atoms with E-state index >= 15 is 0 Å². The first kappa shape index (κ1) is 21.1. The van der Waals surface area contributed by atoms with Crippen molar-refractivity contribution in [3.8, 4) is 5.75 Å². The molecule has 0 spiro atoms. The summed E-state index contributed by atoms with van der Waals surface area (Å²) >= 11 is 0. The molecule has 1 aliphatic heterocycles. The van der Waals surface area contributed by atoms with Gasteiger partial charge in [0, 0.05) is 12.6 Å². The number of alkyl halides is 2. The summed E-state index contributed by atoms with van der Waals surface area (Å²) in [5.41, 5.74) is 0.517. The quantitative estimate of drug-likeness (QED) is 0.608. The third-order valence-corrected chi connectivity index (χ3v) is 5.91. The molecule has 0 saturated carbocycles. The third-order valence-electron chi connectivity index (χ3n) is 4.16. The maximum absolute atomic E-state index is 12.2. The van der Waals surface area contributed by atoms with Crippen LogP contribution in [0.1, 0.15) is 18.9 Å². The largest absolute Gasteiger partial charge is 0.455 e. The summed E-state index contributed by atoms with van der Waals surface area (Å²) in [6.45, 7) is -1.35. The van der Waals surface area contributed by atoms with Gasteiger partial charge in [0.1, 0.15) is 5.75 Å². The maximum atomic E-state index is 12.2. The lowest BCUT2D eigenvalue weighted by Crippen LogP contribution is -2.43. The van der Waals surface area contributed by atoms with E-state index in [4.69, 9.17) is 4.74 Å². The summed E-state index contributed by atoms with van der Waals surface area (Å²) in [6.07, 6.45) is 0.245. The highest BCUT2D eigenvalue weighted by Crippen LogP contribution is 2.18. The van der Waals surface area contributed by atoms with Crippen molar-refractivity contribution in [2.45, 2.75) is 32.4 Å². The molecule has 150 valence electrons. The minimum absolute atomic E-state index is 0.0256. The van der Waals surface area contributed by atoms with E-state index in [0.29, 0.717) is 18.5 Å². The van der Waals surface area contributed by atoms with Crippen LogP contribution in [-0.2, 0) is 30.6 Å². The summed E-state index contributed by atoms with van der Waals surface area (Å²) in [7, 11) is -3.13. The van der Waals surface area contributed by atoms with Crippen molar-refractivity contribution in [2.24, 2.45) is 0 Å². The van der Waals surface area contributed by atoms with Gasteiger partial charge in [-0.2, -0.15) is 8.78 Å². The van der Waals surface area contributed by atoms with Crippen molar-refractivity contribution in [3.05, 3.63) is 29.8 Å². The van der Waals surface area contributed by atoms with E-state index in [-0.39, 0.29) is 23.7 Å². The second-order valence-electron chi connectivity index (χ2n) is 6.10. The molecule has 1 unspecified atom stereocenters. The van der Waals surface area contributed by atoms with E-state index in [1.807, 2.05) is 0 Å². The Morgan fingerprint density at radius 3 is 2.44 bits per heavy atom. The number of carbonyl (C=O) groups excluding carboxylic acids is 2. The Morgan fingerprint density at radius 1 is 1.26 bits per heavy atom. The van der Waals surface area contributed by atoms with Gasteiger partial charge in [0.2, 0.25) is 0 Å². The Bertz CT molecular complexity index is 766. The van der Waals surface area contributed by atoms with E-state index in [0.717, 1.165) is 0 Å². The van der Waals surface area contributed by atoms with Crippen LogP contribution >= 0.6 is 0 Å². The average molecular weight is 405 g/mol. The molecule has 0 aliphatic carbocycles. The van der Waals surface area contributed by atoms with E-state index in [1.54, 1.807) is 6.92 Å². The highest BCUT2D eigenvalue weighted by molar-refractivity contribution is 7.91. The van der Waals surface area contributed by atoms with Crippen molar-refractivity contribution in [1.82, 2.24) is 4.90 Å². The van der Waals surface area contributed by atoms with Gasteiger partial charge in [0.15, 0.2) is 16.4 Å². The van der Waals surface area contributed by atoms with Crippen LogP contribution in [0.3, 0.4) is 0 Å². The van der Waals surface area contributed by atoms with E-state index < -0.39 is 41.0 Å². The number of halogens is 2. The molecule has 1 atom stereocenters. The predicted octanol–water partition coefficient (Wildman–Crippen LogP) is 1.41. The molecule has 1 amide bonds. The Morgan fingerprint density at radius 2 is 1.93 bits per heavy atom. The fourth-order valence-electron chi connectivity index (χ4n) is 2.89. The Labute approximate surface area is 156 Å². The van der Waals surface area contributed by atoms with Crippen molar-refractivity contribution in [3.63, 3.8) is 0 Å². The SMILES string of the molecule is CCN(C(=O)COC(=O)Cc1ccc(OC(F)F)cc1)C1CCS(=O)(=O)C1. The molecule has 0 aromatic heterocycles. The van der Waals surface area contributed by atoms with Gasteiger partial charge in [-0.3, -0.25) is 9.59 Å². The molecule has 1 aromatic carbocycles. The number of amides is 1. The summed E-state index contributed by atoms with van der Waals surface area (Å²) in [4.78, 5) is 25.5. The molecule has 0 radical (unpaired) electrons. The molecule has 1 saturated heterocycles. The highest BCUT2D eigenvalue weighted by atomic mass is 32.2. The molecule has 7 nitrogen and oxygen atoms in total. The molecule has 1 aliphatic rings. The third kappa shape index (κ3) is 6.46. The van der Waals surface area contributed by atoms with Crippen LogP contribution in [0.5, 0.6) is 5.75 Å². The van der Waals surface area contributed by atoms with Gasteiger partial charge in [0.25, 0.3) is 5.91 Å². The molecule has 1 heterocycles. The van der Waals surface area contributed by atoms with Crippen molar-refractivity contribution < 1.29 is 36.3 Å². The fourth-order valence-corrected chi connectivity index (χ4v) is 4.62. The Kier molecular flexibility index (Phi) is 7.11. The Hall–Kier alpha value is -2.23. The molecule has 10 heteroatoms. The number of hydrogen-bond donors (Lipinski definition) is 0. The molecule has 1 fully saturated rings. The lowest BCUT2D eigenvalue weighted by Gasteiger charge is -2.26. The summed E-state index contributed by atoms with van der Waals surface area (Å²) < 4.78 is 56.5. The molecule has 0 bridgehead atoms. The normalized spacial score (nSPS) is 18.3. The second-order valence-corrected chi connectivity index (χ2v) is 8.33. The monoisotopic (exact) mass is 405 g/mol. The zero-order valence-electron chi connectivity index (χ0n) is 14.8. The van der Waals surface area contributed by atoms with Crippen LogP contribution < -0.4 is 4.74 Å². The topological polar surface area (TPSA) is 90.0 Å². The fraction of sp³-hybridized carbons (Fsp3) is 0.529. The minimum Gasteiger partial charge on any atom is -0.455 e. The second kappa shape index (κ2) is 9.12. The standard InChI is InChI=1S/C17H21F2NO6S/c1-2-20(13-7-8-27(23,24)11-13)15(21)10-25-16(22)9-12-3-5-14(6-4-12)26-17(18)19/h3-6,13,17H,2,7-11H2,1H3. The molecule has 0 N–H and O–H groups in total. The van der Waals surface area contributed by atoms with Crippen LogP contribution in [0, 0.1) is 0 Å². The lowest BCUT2D eigenvalue weighted by molar-refractivity contribution is -0.152. The number of likely N-dealkylation sites (N-methyl/N-ethyl adjacent to an activating group) is 1. The molecule has 27 heavy (non-hydrogen) atoms. The number of benzene rings is 1. The van der Waals surface area contributed by atoms with Crippen LogP contribution in [0.15, 0.2) is 24.3 Å². The number of esters is 1. The first-order valence-corrected chi connectivity index (χ1v) is 10.2. The van der Waals surface area contributed by atoms with E-state index in [1.165, 1.54) is 29.2 Å². The number of rotatable bonds is 8. The van der Waals surface area contributed by atoms with Crippen LogP contribution in [0.2, 0.25) is 0 Å². The average Bonchev–Trinajstić information content (AvgIpc) is 2.94. The summed E-state index contributed by atoms with van der Waals surface area (Å²) in [6, 6.07) is 5.11. The first-order chi connectivity index (χ1) is 12.7. The summed E-state index contributed by atoms with van der Waals surface area (Å²) in [5.74, 6) is -1.16. The smallest absolute Gasteiger partial charge is 0.387 e. The lowest BCUT2D eigenvalue weighted by atomic mass is 10.1. The van der Waals surface area contributed by atoms with Crippen LogP contribution in [-0.4, -0.2) is 62.5 Å². The highest BCUT2D eigenvalue weighted by Gasteiger charge is 2.34. The summed E-state index contributed by atoms with van der Waals surface area (Å²) in [5, 5.41) is 0. The zero-order valence-corrected chi connectivity index (χ0v) is 15.6. The van der Waals surface area contributed by atoms with Crippen LogP contribution in [0.25, 0.3) is 0 Å². The van der Waals surface area contributed by atoms with Gasteiger partial charge < -0.3 is 14.4 Å². The van der Waals surface area contributed by atoms with Crippen molar-refractivity contribution >= 4 is 21.7 Å². The molecule has 1 aromatic rings. The number of nitrogens with zero attached hydrogens (tertiary/aromatic N) is 1. The van der Waals surface area contributed by atoms with Gasteiger partial charge in [-0.05, 0) is 31.0 Å². The minimum atomic E-state index is -3.13. The van der Waals surface area contributed by atoms with Gasteiger partial charge in [-0.25, -0.2) is 8.42 Å². The molecular weight excluding hydrogens is 384 g/mol. The maximum Gasteiger partial charge on any atom is 0.387 e. The number of hydrogen-bond acceptors (Lipinski definition) is 6. The van der Waals surface area contributed by atoms with Gasteiger partial charge >= 0.3 is 12.6 Å². The number of carbonyl (C=O) groups is 2. The van der Waals surface area contributed by atoms with Crippen molar-refractivity contribution in [1.29, 1.82) is 0 Å². The number of sulfone groups is 1.